The molecule has 1 aliphatic rings. The van der Waals surface area contributed by atoms with Gasteiger partial charge in [0.1, 0.15) is 0 Å². The number of amides is 2. The van der Waals surface area contributed by atoms with Gasteiger partial charge in [-0.3, -0.25) is 19.5 Å². The fourth-order valence-corrected chi connectivity index (χ4v) is 1.44. The van der Waals surface area contributed by atoms with E-state index >= 15 is 0 Å². The van der Waals surface area contributed by atoms with Crippen LogP contribution in [0.5, 0.6) is 0 Å². The molecule has 0 spiro atoms. The van der Waals surface area contributed by atoms with Gasteiger partial charge in [0.05, 0.1) is 12.1 Å². The minimum absolute atomic E-state index is 0.165. The molecule has 1 fully saturated rings. The van der Waals surface area contributed by atoms with Gasteiger partial charge in [-0.2, -0.15) is 0 Å². The number of likely N-dealkylation sites (tertiary alicyclic amines) is 1. The highest BCUT2D eigenvalue weighted by atomic mass is 16.2. The minimum Gasteiger partial charge on any atom is -0.282 e. The Labute approximate surface area is 87.2 Å². The van der Waals surface area contributed by atoms with Crippen LogP contribution >= 0.6 is 0 Å². The van der Waals surface area contributed by atoms with E-state index in [1.165, 1.54) is 7.05 Å². The number of pyridine rings is 1. The smallest absolute Gasteiger partial charge is 0.256 e. The lowest BCUT2D eigenvalue weighted by atomic mass is 10.2. The van der Waals surface area contributed by atoms with Crippen LogP contribution in [-0.4, -0.2) is 28.7 Å². The largest absolute Gasteiger partial charge is 0.282 e. The van der Waals surface area contributed by atoms with Crippen molar-refractivity contribution >= 4 is 17.9 Å². The van der Waals surface area contributed by atoms with Crippen molar-refractivity contribution < 1.29 is 9.59 Å². The van der Waals surface area contributed by atoms with E-state index in [1.807, 2.05) is 6.07 Å². The van der Waals surface area contributed by atoms with Gasteiger partial charge >= 0.3 is 0 Å². The number of nitrogens with zero attached hydrogens (tertiary/aromatic N) is 2. The van der Waals surface area contributed by atoms with Gasteiger partial charge in [0, 0.05) is 18.8 Å². The Balaban J connectivity index is 2.30. The first-order chi connectivity index (χ1) is 7.18. The molecule has 15 heavy (non-hydrogen) atoms. The van der Waals surface area contributed by atoms with E-state index in [4.69, 9.17) is 0 Å². The van der Waals surface area contributed by atoms with Crippen LogP contribution in [0.4, 0.5) is 0 Å². The van der Waals surface area contributed by atoms with Gasteiger partial charge in [-0.1, -0.05) is 6.07 Å². The molecule has 0 N–H and O–H groups in total. The van der Waals surface area contributed by atoms with Crippen molar-refractivity contribution in [2.24, 2.45) is 0 Å². The predicted octanol–water partition coefficient (Wildman–Crippen LogP) is 0.854. The zero-order valence-corrected chi connectivity index (χ0v) is 8.30. The van der Waals surface area contributed by atoms with E-state index in [9.17, 15) is 9.59 Å². The van der Waals surface area contributed by atoms with Crippen molar-refractivity contribution in [3.8, 4) is 0 Å². The summed E-state index contributed by atoms with van der Waals surface area (Å²) >= 11 is 0. The maximum absolute atomic E-state index is 11.5. The van der Waals surface area contributed by atoms with Crippen molar-refractivity contribution in [2.75, 3.05) is 7.05 Å². The van der Waals surface area contributed by atoms with Crippen LogP contribution in [0.3, 0.4) is 0 Å². The van der Waals surface area contributed by atoms with Crippen molar-refractivity contribution in [2.45, 2.75) is 6.42 Å². The molecular weight excluding hydrogens is 192 g/mol. The van der Waals surface area contributed by atoms with E-state index < -0.39 is 0 Å². The average Bonchev–Trinajstić information content (AvgIpc) is 2.48. The number of likely N-dealkylation sites (N-methyl/N-ethyl adjacent to an activating group) is 1. The number of hydrogen-bond donors (Lipinski definition) is 0. The molecule has 0 aromatic carbocycles. The summed E-state index contributed by atoms with van der Waals surface area (Å²) < 4.78 is 0. The van der Waals surface area contributed by atoms with Gasteiger partial charge in [0.2, 0.25) is 5.91 Å². The number of carbonyl (C=O) groups excluding carboxylic acids is 2. The minimum atomic E-state index is -0.231. The lowest BCUT2D eigenvalue weighted by molar-refractivity contribution is -0.135. The van der Waals surface area contributed by atoms with Crippen molar-refractivity contribution in [1.29, 1.82) is 0 Å². The van der Waals surface area contributed by atoms with Crippen molar-refractivity contribution in [3.63, 3.8) is 0 Å². The van der Waals surface area contributed by atoms with Gasteiger partial charge in [-0.15, -0.1) is 0 Å². The van der Waals surface area contributed by atoms with Gasteiger partial charge < -0.3 is 0 Å². The van der Waals surface area contributed by atoms with Gasteiger partial charge in [-0.05, 0) is 18.2 Å². The maximum atomic E-state index is 11.5. The Morgan fingerprint density at radius 3 is 2.73 bits per heavy atom. The molecule has 1 aromatic rings. The average molecular weight is 202 g/mol. The highest BCUT2D eigenvalue weighted by Gasteiger charge is 2.30. The van der Waals surface area contributed by atoms with Crippen LogP contribution in [0.15, 0.2) is 30.0 Å². The van der Waals surface area contributed by atoms with Crippen molar-refractivity contribution in [1.82, 2.24) is 9.88 Å². The molecule has 0 atom stereocenters. The molecule has 2 rings (SSSR count). The predicted molar refractivity (Wildman–Crippen MR) is 54.6 cm³/mol. The number of aromatic nitrogens is 1. The molecular formula is C11H10N2O2. The summed E-state index contributed by atoms with van der Waals surface area (Å²) in [7, 11) is 1.49. The standard InChI is InChI=1S/C11H10N2O2/c1-13-10(14)7-8(11(13)15)6-9-4-2-3-5-12-9/h2-6H,7H2,1H3/b8-6+. The summed E-state index contributed by atoms with van der Waals surface area (Å²) in [5, 5.41) is 0. The summed E-state index contributed by atoms with van der Waals surface area (Å²) in [4.78, 5) is 28.0. The van der Waals surface area contributed by atoms with Gasteiger partial charge in [0.25, 0.3) is 5.91 Å². The highest BCUT2D eigenvalue weighted by molar-refractivity contribution is 6.15. The van der Waals surface area contributed by atoms with Crippen LogP contribution in [0, 0.1) is 0 Å². The molecule has 4 nitrogen and oxygen atoms in total. The zero-order chi connectivity index (χ0) is 10.8. The molecule has 4 heteroatoms. The number of rotatable bonds is 1. The third kappa shape index (κ3) is 1.79. The third-order valence-electron chi connectivity index (χ3n) is 2.30. The first kappa shape index (κ1) is 9.58. The lowest BCUT2D eigenvalue weighted by Gasteiger charge is -2.02. The summed E-state index contributed by atoms with van der Waals surface area (Å²) in [5.74, 6) is -0.396. The summed E-state index contributed by atoms with van der Waals surface area (Å²) in [6, 6.07) is 5.43. The van der Waals surface area contributed by atoms with E-state index in [0.717, 1.165) is 4.90 Å². The van der Waals surface area contributed by atoms with Crippen LogP contribution in [-0.2, 0) is 9.59 Å². The van der Waals surface area contributed by atoms with Crippen LogP contribution in [0.1, 0.15) is 12.1 Å². The van der Waals surface area contributed by atoms with Crippen molar-refractivity contribution in [3.05, 3.63) is 35.7 Å². The van der Waals surface area contributed by atoms with Crippen LogP contribution in [0.2, 0.25) is 0 Å². The Morgan fingerprint density at radius 2 is 2.20 bits per heavy atom. The lowest BCUT2D eigenvalue weighted by Crippen LogP contribution is -2.23. The molecule has 1 saturated heterocycles. The normalized spacial score (nSPS) is 19.0. The second-order valence-electron chi connectivity index (χ2n) is 3.36. The Bertz CT molecular complexity index is 437. The first-order valence-corrected chi connectivity index (χ1v) is 4.61. The van der Waals surface area contributed by atoms with E-state index in [0.29, 0.717) is 11.3 Å². The zero-order valence-electron chi connectivity index (χ0n) is 8.30. The Morgan fingerprint density at radius 1 is 1.40 bits per heavy atom. The summed E-state index contributed by atoms with van der Waals surface area (Å²) in [5.41, 5.74) is 1.20. The quantitative estimate of drug-likeness (QED) is 0.501. The molecule has 0 unspecified atom stereocenters. The Hall–Kier alpha value is -1.97. The third-order valence-corrected chi connectivity index (χ3v) is 2.30. The molecule has 1 aromatic heterocycles. The molecule has 1 aliphatic heterocycles. The molecule has 76 valence electrons. The van der Waals surface area contributed by atoms with Crippen LogP contribution < -0.4 is 0 Å². The topological polar surface area (TPSA) is 50.3 Å². The molecule has 0 radical (unpaired) electrons. The Kier molecular flexibility index (Phi) is 2.33. The fraction of sp³-hybridized carbons (Fsp3) is 0.182. The molecule has 2 heterocycles. The maximum Gasteiger partial charge on any atom is 0.256 e. The van der Waals surface area contributed by atoms with Gasteiger partial charge in [-0.25, -0.2) is 0 Å². The molecule has 0 aliphatic carbocycles. The number of imide groups is 1. The number of hydrogen-bond acceptors (Lipinski definition) is 3. The van der Waals surface area contributed by atoms with E-state index in [-0.39, 0.29) is 18.2 Å². The molecule has 0 bridgehead atoms. The summed E-state index contributed by atoms with van der Waals surface area (Å²) in [6.45, 7) is 0. The second-order valence-corrected chi connectivity index (χ2v) is 3.36. The summed E-state index contributed by atoms with van der Waals surface area (Å²) in [6.07, 6.45) is 3.48. The fourth-order valence-electron chi connectivity index (χ4n) is 1.44. The monoisotopic (exact) mass is 202 g/mol. The van der Waals surface area contributed by atoms with E-state index in [1.54, 1.807) is 24.4 Å². The molecule has 0 saturated carbocycles. The second kappa shape index (κ2) is 3.65. The SMILES string of the molecule is CN1C(=O)C/C(=C\c2ccccn2)C1=O. The first-order valence-electron chi connectivity index (χ1n) is 4.61. The highest BCUT2D eigenvalue weighted by Crippen LogP contribution is 2.18. The molecule has 2 amide bonds. The van der Waals surface area contributed by atoms with Gasteiger partial charge in [0.15, 0.2) is 0 Å². The van der Waals surface area contributed by atoms with Crippen LogP contribution in [0.25, 0.3) is 6.08 Å². The van der Waals surface area contributed by atoms with E-state index in [2.05, 4.69) is 4.98 Å². The number of carbonyl (C=O) groups is 2.